The molecule has 1 aromatic heterocycles. The number of thiazole rings is 1. The fourth-order valence-corrected chi connectivity index (χ4v) is 3.32. The number of aromatic nitrogens is 1. The predicted octanol–water partition coefficient (Wildman–Crippen LogP) is 3.66. The molecule has 0 spiro atoms. The van der Waals surface area contributed by atoms with Gasteiger partial charge in [0, 0.05) is 17.7 Å². The van der Waals surface area contributed by atoms with Gasteiger partial charge in [-0.05, 0) is 17.7 Å². The van der Waals surface area contributed by atoms with E-state index >= 15 is 0 Å². The Morgan fingerprint density at radius 1 is 1.23 bits per heavy atom. The van der Waals surface area contributed by atoms with Crippen molar-refractivity contribution in [1.82, 2.24) is 10.3 Å². The van der Waals surface area contributed by atoms with Crippen LogP contribution < -0.4 is 15.4 Å². The fraction of sp³-hybridized carbons (Fsp3) is 0.421. The number of ether oxygens (including phenoxy) is 1. The van der Waals surface area contributed by atoms with Crippen molar-refractivity contribution in [2.24, 2.45) is 0 Å². The third kappa shape index (κ3) is 5.56. The number of nitrogens with zero attached hydrogens (tertiary/aromatic N) is 1. The first kappa shape index (κ1) is 19.9. The normalized spacial score (nSPS) is 12.3. The van der Waals surface area contributed by atoms with Gasteiger partial charge >= 0.3 is 0 Å². The number of carbonyl (C=O) groups is 2. The van der Waals surface area contributed by atoms with Gasteiger partial charge in [-0.1, -0.05) is 32.9 Å². The number of rotatable bonds is 6. The van der Waals surface area contributed by atoms with Crippen LogP contribution in [-0.2, 0) is 15.0 Å². The minimum absolute atomic E-state index is 0.0682. The van der Waals surface area contributed by atoms with Crippen LogP contribution in [0.15, 0.2) is 29.6 Å². The van der Waals surface area contributed by atoms with Crippen LogP contribution in [0.5, 0.6) is 5.75 Å². The Morgan fingerprint density at radius 3 is 2.38 bits per heavy atom. The second-order valence-corrected chi connectivity index (χ2v) is 7.92. The Kier molecular flexibility index (Phi) is 6.37. The average molecular weight is 375 g/mol. The highest BCUT2D eigenvalue weighted by atomic mass is 32.1. The predicted molar refractivity (Wildman–Crippen MR) is 104 cm³/mol. The van der Waals surface area contributed by atoms with Crippen LogP contribution >= 0.6 is 11.3 Å². The van der Waals surface area contributed by atoms with E-state index in [2.05, 4.69) is 36.4 Å². The standard InChI is InChI=1S/C19H25N3O3S/c1-12(23)20-15(13-6-8-14(25-5)9-7-13)10-17(24)22-18-21-16(11-26-18)19(2,3)4/h6-9,11,15H,10H2,1-5H3,(H,20,23)(H,21,22,24). The lowest BCUT2D eigenvalue weighted by Crippen LogP contribution is -2.29. The second-order valence-electron chi connectivity index (χ2n) is 7.07. The molecule has 2 rings (SSSR count). The Labute approximate surface area is 158 Å². The van der Waals surface area contributed by atoms with E-state index in [1.807, 2.05) is 17.5 Å². The lowest BCUT2D eigenvalue weighted by molar-refractivity contribution is -0.120. The molecule has 0 radical (unpaired) electrons. The summed E-state index contributed by atoms with van der Waals surface area (Å²) in [5.74, 6) is 0.328. The number of benzene rings is 1. The van der Waals surface area contributed by atoms with E-state index in [0.29, 0.717) is 5.13 Å². The number of methoxy groups -OCH3 is 1. The first-order chi connectivity index (χ1) is 12.2. The van der Waals surface area contributed by atoms with E-state index in [4.69, 9.17) is 4.74 Å². The van der Waals surface area contributed by atoms with E-state index in [9.17, 15) is 9.59 Å². The number of nitrogens with one attached hydrogen (secondary N) is 2. The minimum Gasteiger partial charge on any atom is -0.497 e. The van der Waals surface area contributed by atoms with E-state index in [1.54, 1.807) is 19.2 Å². The molecule has 140 valence electrons. The van der Waals surface area contributed by atoms with Crippen LogP contribution in [0.1, 0.15) is 51.4 Å². The van der Waals surface area contributed by atoms with Crippen LogP contribution in [0.25, 0.3) is 0 Å². The zero-order chi connectivity index (χ0) is 19.3. The lowest BCUT2D eigenvalue weighted by Gasteiger charge is -2.18. The van der Waals surface area contributed by atoms with E-state index in [1.165, 1.54) is 18.3 Å². The summed E-state index contributed by atoms with van der Waals surface area (Å²) in [5, 5.41) is 8.16. The highest BCUT2D eigenvalue weighted by Crippen LogP contribution is 2.27. The van der Waals surface area contributed by atoms with Crippen LogP contribution in [0.2, 0.25) is 0 Å². The molecule has 0 aliphatic rings. The molecule has 0 bridgehead atoms. The zero-order valence-corrected chi connectivity index (χ0v) is 16.6. The molecule has 0 saturated heterocycles. The summed E-state index contributed by atoms with van der Waals surface area (Å²) >= 11 is 1.40. The SMILES string of the molecule is COc1ccc(C(CC(=O)Nc2nc(C(C)(C)C)cs2)NC(C)=O)cc1. The largest absolute Gasteiger partial charge is 0.497 e. The molecule has 26 heavy (non-hydrogen) atoms. The van der Waals surface area contributed by atoms with Gasteiger partial charge in [-0.25, -0.2) is 4.98 Å². The van der Waals surface area contributed by atoms with Gasteiger partial charge in [-0.15, -0.1) is 11.3 Å². The summed E-state index contributed by atoms with van der Waals surface area (Å²) in [7, 11) is 1.59. The first-order valence-electron chi connectivity index (χ1n) is 8.36. The van der Waals surface area contributed by atoms with Crippen molar-refractivity contribution in [2.45, 2.75) is 45.6 Å². The quantitative estimate of drug-likeness (QED) is 0.807. The molecule has 0 aliphatic heterocycles. The van der Waals surface area contributed by atoms with Crippen molar-refractivity contribution in [2.75, 3.05) is 12.4 Å². The topological polar surface area (TPSA) is 80.3 Å². The van der Waals surface area contributed by atoms with Gasteiger partial charge in [0.2, 0.25) is 11.8 Å². The first-order valence-corrected chi connectivity index (χ1v) is 9.24. The van der Waals surface area contributed by atoms with Gasteiger partial charge in [0.15, 0.2) is 5.13 Å². The zero-order valence-electron chi connectivity index (χ0n) is 15.8. The van der Waals surface area contributed by atoms with E-state index in [-0.39, 0.29) is 23.7 Å². The summed E-state index contributed by atoms with van der Waals surface area (Å²) in [6.07, 6.45) is 0.121. The molecular formula is C19H25N3O3S. The van der Waals surface area contributed by atoms with Gasteiger partial charge in [0.05, 0.1) is 25.3 Å². The van der Waals surface area contributed by atoms with Crippen molar-refractivity contribution in [1.29, 1.82) is 0 Å². The molecule has 1 heterocycles. The number of hydrogen-bond acceptors (Lipinski definition) is 5. The molecular weight excluding hydrogens is 350 g/mol. The van der Waals surface area contributed by atoms with Gasteiger partial charge < -0.3 is 15.4 Å². The van der Waals surface area contributed by atoms with Crippen LogP contribution in [0.4, 0.5) is 5.13 Å². The highest BCUT2D eigenvalue weighted by Gasteiger charge is 2.20. The number of anilines is 1. The highest BCUT2D eigenvalue weighted by molar-refractivity contribution is 7.13. The molecule has 1 aromatic carbocycles. The van der Waals surface area contributed by atoms with Crippen LogP contribution in [0.3, 0.4) is 0 Å². The van der Waals surface area contributed by atoms with E-state index in [0.717, 1.165) is 17.0 Å². The Hall–Kier alpha value is -2.41. The molecule has 0 aliphatic carbocycles. The molecule has 6 nitrogen and oxygen atoms in total. The maximum absolute atomic E-state index is 12.4. The van der Waals surface area contributed by atoms with Gasteiger partial charge in [-0.3, -0.25) is 9.59 Å². The molecule has 2 amide bonds. The van der Waals surface area contributed by atoms with Crippen molar-refractivity contribution in [3.8, 4) is 5.75 Å². The fourth-order valence-electron chi connectivity index (χ4n) is 2.37. The summed E-state index contributed by atoms with van der Waals surface area (Å²) in [6, 6.07) is 6.87. The Bertz CT molecular complexity index is 763. The summed E-state index contributed by atoms with van der Waals surface area (Å²) in [6.45, 7) is 7.66. The van der Waals surface area contributed by atoms with Crippen molar-refractivity contribution >= 4 is 28.3 Å². The van der Waals surface area contributed by atoms with Gasteiger partial charge in [0.25, 0.3) is 0 Å². The van der Waals surface area contributed by atoms with Crippen molar-refractivity contribution < 1.29 is 14.3 Å². The second kappa shape index (κ2) is 8.31. The third-order valence-electron chi connectivity index (χ3n) is 3.80. The van der Waals surface area contributed by atoms with Gasteiger partial charge in [0.1, 0.15) is 5.75 Å². The molecule has 0 fully saturated rings. The molecule has 2 N–H and O–H groups in total. The number of amides is 2. The van der Waals surface area contributed by atoms with E-state index < -0.39 is 6.04 Å². The maximum atomic E-state index is 12.4. The van der Waals surface area contributed by atoms with Crippen molar-refractivity contribution in [3.63, 3.8) is 0 Å². The summed E-state index contributed by atoms with van der Waals surface area (Å²) < 4.78 is 5.15. The number of hydrogen-bond donors (Lipinski definition) is 2. The van der Waals surface area contributed by atoms with Gasteiger partial charge in [-0.2, -0.15) is 0 Å². The lowest BCUT2D eigenvalue weighted by atomic mass is 9.93. The molecule has 1 unspecified atom stereocenters. The minimum atomic E-state index is -0.416. The third-order valence-corrected chi connectivity index (χ3v) is 4.56. The smallest absolute Gasteiger partial charge is 0.228 e. The summed E-state index contributed by atoms with van der Waals surface area (Å²) in [4.78, 5) is 28.4. The van der Waals surface area contributed by atoms with Crippen molar-refractivity contribution in [3.05, 3.63) is 40.9 Å². The average Bonchev–Trinajstić information content (AvgIpc) is 3.02. The molecule has 7 heteroatoms. The number of carbonyl (C=O) groups excluding carboxylic acids is 2. The van der Waals surface area contributed by atoms with Crippen LogP contribution in [0, 0.1) is 0 Å². The monoisotopic (exact) mass is 375 g/mol. The Balaban J connectivity index is 2.08. The Morgan fingerprint density at radius 2 is 1.88 bits per heavy atom. The maximum Gasteiger partial charge on any atom is 0.228 e. The molecule has 0 saturated carbocycles. The molecule has 2 aromatic rings. The molecule has 1 atom stereocenters. The van der Waals surface area contributed by atoms with Crippen LogP contribution in [-0.4, -0.2) is 23.9 Å². The summed E-state index contributed by atoms with van der Waals surface area (Å²) in [5.41, 5.74) is 1.71.